The van der Waals surface area contributed by atoms with Crippen LogP contribution in [0.3, 0.4) is 0 Å². The lowest BCUT2D eigenvalue weighted by atomic mass is 10.1. The fourth-order valence-corrected chi connectivity index (χ4v) is 3.00. The molecule has 3 amide bonds. The van der Waals surface area contributed by atoms with Crippen LogP contribution in [0.1, 0.15) is 24.5 Å². The Morgan fingerprint density at radius 3 is 2.79 bits per heavy atom. The zero-order valence-corrected chi connectivity index (χ0v) is 14.9. The van der Waals surface area contributed by atoms with Crippen LogP contribution in [0.2, 0.25) is 0 Å². The number of imidazole rings is 1. The van der Waals surface area contributed by atoms with Crippen molar-refractivity contribution in [2.24, 2.45) is 0 Å². The molecule has 0 unspecified atom stereocenters. The zero-order valence-electron chi connectivity index (χ0n) is 14.1. The molecule has 24 heavy (non-hydrogen) atoms. The molecule has 0 radical (unpaired) electrons. The molecular weight excluding hydrogens is 324 g/mol. The number of nitrogens with one attached hydrogen (secondary N) is 2. The van der Waals surface area contributed by atoms with Crippen LogP contribution in [0.15, 0.2) is 35.7 Å². The van der Waals surface area contributed by atoms with Crippen LogP contribution in [0.25, 0.3) is 5.69 Å². The summed E-state index contributed by atoms with van der Waals surface area (Å²) in [5, 5.41) is 5.63. The van der Waals surface area contributed by atoms with Gasteiger partial charge < -0.3 is 5.32 Å². The highest BCUT2D eigenvalue weighted by Crippen LogP contribution is 2.23. The van der Waals surface area contributed by atoms with Crippen molar-refractivity contribution in [1.82, 2.24) is 20.2 Å². The molecule has 2 N–H and O–H groups in total. The van der Waals surface area contributed by atoms with Gasteiger partial charge >= 0.3 is 6.03 Å². The van der Waals surface area contributed by atoms with E-state index in [1.54, 1.807) is 6.20 Å². The number of nitrogens with zero attached hydrogens (tertiary/aromatic N) is 2. The predicted octanol–water partition coefficient (Wildman–Crippen LogP) is 2.82. The maximum atomic E-state index is 11.8. The summed E-state index contributed by atoms with van der Waals surface area (Å²) in [5.74, 6) is -0.217. The Labute approximate surface area is 146 Å². The van der Waals surface area contributed by atoms with Gasteiger partial charge in [-0.2, -0.15) is 0 Å². The second-order valence-electron chi connectivity index (χ2n) is 5.46. The minimum atomic E-state index is -0.458. The van der Waals surface area contributed by atoms with Gasteiger partial charge in [-0.05, 0) is 31.9 Å². The highest BCUT2D eigenvalue weighted by atomic mass is 32.2. The van der Waals surface area contributed by atoms with Crippen molar-refractivity contribution in [3.8, 4) is 5.69 Å². The smallest absolute Gasteiger partial charge is 0.321 e. The minimum Gasteiger partial charge on any atom is -0.338 e. The molecule has 0 atom stereocenters. The summed E-state index contributed by atoms with van der Waals surface area (Å²) >= 11 is 1.30. The largest absolute Gasteiger partial charge is 0.338 e. The van der Waals surface area contributed by atoms with E-state index in [1.165, 1.54) is 17.3 Å². The normalized spacial score (nSPS) is 10.5. The van der Waals surface area contributed by atoms with Crippen LogP contribution < -0.4 is 10.6 Å². The Hall–Kier alpha value is -2.28. The Balaban J connectivity index is 1.98. The number of carbonyl (C=O) groups is 2. The lowest BCUT2D eigenvalue weighted by molar-refractivity contribution is -0.117. The first-order valence-corrected chi connectivity index (χ1v) is 8.81. The lowest BCUT2D eigenvalue weighted by Crippen LogP contribution is -2.40. The Morgan fingerprint density at radius 1 is 1.29 bits per heavy atom. The summed E-state index contributed by atoms with van der Waals surface area (Å²) in [7, 11) is 0. The number of imide groups is 1. The van der Waals surface area contributed by atoms with Crippen LogP contribution >= 0.6 is 11.8 Å². The predicted molar refractivity (Wildman–Crippen MR) is 95.6 cm³/mol. The van der Waals surface area contributed by atoms with Gasteiger partial charge in [0, 0.05) is 18.9 Å². The van der Waals surface area contributed by atoms with Crippen molar-refractivity contribution in [2.75, 3.05) is 12.3 Å². The Kier molecular flexibility index (Phi) is 6.43. The third-order valence-corrected chi connectivity index (χ3v) is 4.31. The fourth-order valence-electron chi connectivity index (χ4n) is 2.23. The summed E-state index contributed by atoms with van der Waals surface area (Å²) in [6.07, 6.45) is 4.39. The average molecular weight is 346 g/mol. The second-order valence-corrected chi connectivity index (χ2v) is 6.41. The first-order chi connectivity index (χ1) is 11.5. The number of thioether (sulfide) groups is 1. The number of rotatable bonds is 6. The molecule has 2 aromatic rings. The van der Waals surface area contributed by atoms with E-state index >= 15 is 0 Å². The Morgan fingerprint density at radius 2 is 2.08 bits per heavy atom. The molecule has 1 aromatic heterocycles. The van der Waals surface area contributed by atoms with Crippen molar-refractivity contribution < 1.29 is 9.59 Å². The third-order valence-electron chi connectivity index (χ3n) is 3.34. The molecule has 1 heterocycles. The van der Waals surface area contributed by atoms with E-state index in [4.69, 9.17) is 0 Å². The maximum absolute atomic E-state index is 11.8. The SMILES string of the molecule is CCCNC(=O)NC(=O)CSc1nccn1-c1ccc(C)cc1C. The number of urea groups is 1. The summed E-state index contributed by atoms with van der Waals surface area (Å²) in [6.45, 7) is 6.59. The van der Waals surface area contributed by atoms with Gasteiger partial charge in [0.15, 0.2) is 5.16 Å². The van der Waals surface area contributed by atoms with Crippen molar-refractivity contribution >= 4 is 23.7 Å². The standard InChI is InChI=1S/C17H22N4O2S/c1-4-7-18-16(23)20-15(22)11-24-17-19-8-9-21(17)14-6-5-12(2)10-13(14)3/h5-6,8-10H,4,7,11H2,1-3H3,(H2,18,20,22,23). The topological polar surface area (TPSA) is 76.0 Å². The van der Waals surface area contributed by atoms with E-state index in [0.717, 1.165) is 17.7 Å². The van der Waals surface area contributed by atoms with E-state index in [2.05, 4.69) is 21.7 Å². The van der Waals surface area contributed by atoms with Crippen LogP contribution in [-0.4, -0.2) is 33.8 Å². The molecule has 7 heteroatoms. The highest BCUT2D eigenvalue weighted by Gasteiger charge is 2.12. The quantitative estimate of drug-likeness (QED) is 0.789. The van der Waals surface area contributed by atoms with Crippen LogP contribution in [0, 0.1) is 13.8 Å². The molecule has 6 nitrogen and oxygen atoms in total. The van der Waals surface area contributed by atoms with Gasteiger partial charge in [0.25, 0.3) is 0 Å². The number of carbonyl (C=O) groups excluding carboxylic acids is 2. The number of aromatic nitrogens is 2. The van der Waals surface area contributed by atoms with Gasteiger partial charge in [0.05, 0.1) is 11.4 Å². The minimum absolute atomic E-state index is 0.126. The second kappa shape index (κ2) is 8.54. The monoisotopic (exact) mass is 346 g/mol. The lowest BCUT2D eigenvalue weighted by Gasteiger charge is -2.11. The van der Waals surface area contributed by atoms with Crippen LogP contribution in [0.4, 0.5) is 4.79 Å². The average Bonchev–Trinajstić information content (AvgIpc) is 2.99. The molecule has 0 aliphatic carbocycles. The molecule has 2 rings (SSSR count). The molecule has 0 saturated carbocycles. The third kappa shape index (κ3) is 4.86. The summed E-state index contributed by atoms with van der Waals surface area (Å²) in [5.41, 5.74) is 3.36. The van der Waals surface area contributed by atoms with E-state index in [1.807, 2.05) is 43.7 Å². The van der Waals surface area contributed by atoms with Gasteiger partial charge in [-0.25, -0.2) is 9.78 Å². The van der Waals surface area contributed by atoms with E-state index < -0.39 is 6.03 Å². The van der Waals surface area contributed by atoms with Crippen molar-refractivity contribution in [3.05, 3.63) is 41.7 Å². The molecule has 0 bridgehead atoms. The molecular formula is C17H22N4O2S. The van der Waals surface area contributed by atoms with Gasteiger partial charge in [0.2, 0.25) is 5.91 Å². The van der Waals surface area contributed by atoms with Crippen molar-refractivity contribution in [1.29, 1.82) is 0 Å². The number of hydrogen-bond donors (Lipinski definition) is 2. The summed E-state index contributed by atoms with van der Waals surface area (Å²) < 4.78 is 1.95. The Bertz CT molecular complexity index is 727. The van der Waals surface area contributed by atoms with E-state index in [-0.39, 0.29) is 11.7 Å². The van der Waals surface area contributed by atoms with Crippen LogP contribution in [0.5, 0.6) is 0 Å². The molecule has 0 aliphatic heterocycles. The van der Waals surface area contributed by atoms with E-state index in [9.17, 15) is 9.59 Å². The first kappa shape index (κ1) is 18.1. The summed E-state index contributed by atoms with van der Waals surface area (Å²) in [6, 6.07) is 5.73. The summed E-state index contributed by atoms with van der Waals surface area (Å²) in [4.78, 5) is 27.6. The van der Waals surface area contributed by atoms with Gasteiger partial charge in [-0.1, -0.05) is 36.4 Å². The van der Waals surface area contributed by atoms with Crippen molar-refractivity contribution in [2.45, 2.75) is 32.3 Å². The molecule has 0 fully saturated rings. The van der Waals surface area contributed by atoms with E-state index in [0.29, 0.717) is 11.7 Å². The van der Waals surface area contributed by atoms with Gasteiger partial charge in [0.1, 0.15) is 0 Å². The number of amides is 3. The fraction of sp³-hybridized carbons (Fsp3) is 0.353. The van der Waals surface area contributed by atoms with Gasteiger partial charge in [-0.3, -0.25) is 14.7 Å². The van der Waals surface area contributed by atoms with Crippen LogP contribution in [-0.2, 0) is 4.79 Å². The number of aryl methyl sites for hydroxylation is 2. The van der Waals surface area contributed by atoms with Crippen molar-refractivity contribution in [3.63, 3.8) is 0 Å². The number of benzene rings is 1. The zero-order chi connectivity index (χ0) is 17.5. The molecule has 0 aliphatic rings. The maximum Gasteiger partial charge on any atom is 0.321 e. The molecule has 0 saturated heterocycles. The first-order valence-electron chi connectivity index (χ1n) is 7.82. The molecule has 0 spiro atoms. The molecule has 1 aromatic carbocycles. The molecule has 128 valence electrons. The number of hydrogen-bond acceptors (Lipinski definition) is 4. The highest BCUT2D eigenvalue weighted by molar-refractivity contribution is 7.99. The van der Waals surface area contributed by atoms with Gasteiger partial charge in [-0.15, -0.1) is 0 Å².